The Balaban J connectivity index is 2.50. The molecule has 4 nitrogen and oxygen atoms in total. The molecule has 0 atom stereocenters. The van der Waals surface area contributed by atoms with Crippen molar-refractivity contribution in [2.45, 2.75) is 12.8 Å². The first kappa shape index (κ1) is 12.6. The summed E-state index contributed by atoms with van der Waals surface area (Å²) in [5, 5.41) is 8.79. The fourth-order valence-electron chi connectivity index (χ4n) is 1.11. The van der Waals surface area contributed by atoms with E-state index in [1.54, 1.807) is 12.1 Å². The third kappa shape index (κ3) is 3.62. The lowest BCUT2D eigenvalue weighted by Crippen LogP contribution is -2.02. The Labute approximate surface area is 98.7 Å². The molecular formula is C11H12ClO4. The van der Waals surface area contributed by atoms with E-state index in [1.165, 1.54) is 7.11 Å². The molecule has 0 spiro atoms. The van der Waals surface area contributed by atoms with Gasteiger partial charge in [0.05, 0.1) is 13.7 Å². The van der Waals surface area contributed by atoms with Crippen LogP contribution >= 0.6 is 11.6 Å². The summed E-state index contributed by atoms with van der Waals surface area (Å²) < 4.78 is 10.3. The van der Waals surface area contributed by atoms with Crippen LogP contribution in [0.2, 0.25) is 5.02 Å². The molecule has 0 aliphatic heterocycles. The molecule has 0 heterocycles. The van der Waals surface area contributed by atoms with Crippen molar-refractivity contribution in [2.75, 3.05) is 13.7 Å². The molecule has 5 heteroatoms. The lowest BCUT2D eigenvalue weighted by Gasteiger charge is -2.09. The third-order valence-electron chi connectivity index (χ3n) is 1.86. The van der Waals surface area contributed by atoms with Crippen molar-refractivity contribution >= 4 is 17.6 Å². The predicted octanol–water partition coefficient (Wildman–Crippen LogP) is 2.39. The molecule has 1 aromatic rings. The first-order valence-electron chi connectivity index (χ1n) is 4.74. The Kier molecular flexibility index (Phi) is 4.92. The van der Waals surface area contributed by atoms with Crippen molar-refractivity contribution in [1.82, 2.24) is 0 Å². The minimum Gasteiger partial charge on any atom is -0.494 e. The topological polar surface area (TPSA) is 55.8 Å². The van der Waals surface area contributed by atoms with Crippen molar-refractivity contribution in [3.8, 4) is 11.5 Å². The number of hydrogen-bond acceptors (Lipinski definition) is 3. The number of aliphatic carboxylic acids is 1. The van der Waals surface area contributed by atoms with Crippen LogP contribution in [-0.4, -0.2) is 24.8 Å². The Morgan fingerprint density at radius 2 is 2.38 bits per heavy atom. The average Bonchev–Trinajstić information content (AvgIpc) is 2.26. The summed E-state index contributed by atoms with van der Waals surface area (Å²) in [6, 6.07) is 6.10. The van der Waals surface area contributed by atoms with Crippen molar-refractivity contribution in [3.63, 3.8) is 0 Å². The van der Waals surface area contributed by atoms with E-state index in [9.17, 15) is 4.79 Å². The van der Waals surface area contributed by atoms with Crippen LogP contribution in [0.25, 0.3) is 0 Å². The Morgan fingerprint density at radius 1 is 1.62 bits per heavy atom. The van der Waals surface area contributed by atoms with E-state index < -0.39 is 5.97 Å². The smallest absolute Gasteiger partial charge is 0.303 e. The minimum atomic E-state index is -0.839. The van der Waals surface area contributed by atoms with E-state index in [-0.39, 0.29) is 6.42 Å². The molecule has 0 amide bonds. The van der Waals surface area contributed by atoms with Gasteiger partial charge in [0, 0.05) is 12.5 Å². The van der Waals surface area contributed by atoms with E-state index in [4.69, 9.17) is 26.2 Å². The lowest BCUT2D eigenvalue weighted by molar-refractivity contribution is -0.137. The van der Waals surface area contributed by atoms with Crippen LogP contribution < -0.4 is 9.47 Å². The highest BCUT2D eigenvalue weighted by atomic mass is 35.5. The molecule has 16 heavy (non-hydrogen) atoms. The van der Waals surface area contributed by atoms with E-state index in [0.717, 1.165) is 0 Å². The molecule has 0 aliphatic carbocycles. The molecule has 1 N–H and O–H groups in total. The van der Waals surface area contributed by atoms with Gasteiger partial charge in [-0.1, -0.05) is 11.6 Å². The SMILES string of the molecule is COc1[c]ccc(OCCCC(=O)O)c1Cl. The number of carbonyl (C=O) groups is 1. The van der Waals surface area contributed by atoms with Crippen LogP contribution in [0.3, 0.4) is 0 Å². The van der Waals surface area contributed by atoms with Crippen LogP contribution in [0.1, 0.15) is 12.8 Å². The average molecular weight is 244 g/mol. The van der Waals surface area contributed by atoms with Gasteiger partial charge in [0.15, 0.2) is 0 Å². The van der Waals surface area contributed by atoms with E-state index in [2.05, 4.69) is 6.07 Å². The van der Waals surface area contributed by atoms with Gasteiger partial charge in [-0.05, 0) is 18.6 Å². The predicted molar refractivity (Wildman–Crippen MR) is 59.2 cm³/mol. The van der Waals surface area contributed by atoms with Gasteiger partial charge in [-0.3, -0.25) is 4.79 Å². The summed E-state index contributed by atoms with van der Waals surface area (Å²) in [6.07, 6.45) is 0.514. The summed E-state index contributed by atoms with van der Waals surface area (Å²) in [5.74, 6) is 0.0497. The number of halogens is 1. The van der Waals surface area contributed by atoms with Gasteiger partial charge in [-0.2, -0.15) is 0 Å². The molecule has 1 radical (unpaired) electrons. The third-order valence-corrected chi connectivity index (χ3v) is 2.22. The van der Waals surface area contributed by atoms with Crippen LogP contribution in [0, 0.1) is 6.07 Å². The van der Waals surface area contributed by atoms with Gasteiger partial charge in [0.25, 0.3) is 0 Å². The van der Waals surface area contributed by atoms with E-state index in [0.29, 0.717) is 29.5 Å². The summed E-state index contributed by atoms with van der Waals surface area (Å²) in [4.78, 5) is 10.3. The summed E-state index contributed by atoms with van der Waals surface area (Å²) >= 11 is 5.95. The fourth-order valence-corrected chi connectivity index (χ4v) is 1.36. The van der Waals surface area contributed by atoms with Gasteiger partial charge in [-0.25, -0.2) is 0 Å². The molecule has 0 bridgehead atoms. The molecule has 0 aromatic heterocycles. The number of hydrogen-bond donors (Lipinski definition) is 1. The summed E-state index contributed by atoms with van der Waals surface area (Å²) in [6.45, 7) is 0.305. The largest absolute Gasteiger partial charge is 0.494 e. The maximum Gasteiger partial charge on any atom is 0.303 e. The van der Waals surface area contributed by atoms with Gasteiger partial charge in [0.2, 0.25) is 0 Å². The number of ether oxygens (including phenoxy) is 2. The van der Waals surface area contributed by atoms with Crippen molar-refractivity contribution in [3.05, 3.63) is 23.2 Å². The van der Waals surface area contributed by atoms with Gasteiger partial charge in [0.1, 0.15) is 16.5 Å². The maximum atomic E-state index is 10.3. The fraction of sp³-hybridized carbons (Fsp3) is 0.364. The Morgan fingerprint density at radius 3 is 3.00 bits per heavy atom. The second kappa shape index (κ2) is 6.23. The van der Waals surface area contributed by atoms with Crippen LogP contribution in [-0.2, 0) is 4.79 Å². The highest BCUT2D eigenvalue weighted by Gasteiger charge is 2.07. The molecule has 0 aliphatic rings. The number of benzene rings is 1. The van der Waals surface area contributed by atoms with Crippen molar-refractivity contribution < 1.29 is 19.4 Å². The number of rotatable bonds is 6. The number of methoxy groups -OCH3 is 1. The zero-order valence-electron chi connectivity index (χ0n) is 8.83. The Hall–Kier alpha value is -1.42. The zero-order valence-corrected chi connectivity index (χ0v) is 9.58. The maximum absolute atomic E-state index is 10.3. The molecule has 0 unspecified atom stereocenters. The molecule has 0 fully saturated rings. The van der Waals surface area contributed by atoms with Crippen molar-refractivity contribution in [1.29, 1.82) is 0 Å². The first-order chi connectivity index (χ1) is 7.65. The molecule has 0 saturated heterocycles. The van der Waals surface area contributed by atoms with Crippen molar-refractivity contribution in [2.24, 2.45) is 0 Å². The molecule has 1 rings (SSSR count). The Bertz CT molecular complexity index is 365. The van der Waals surface area contributed by atoms with Crippen LogP contribution in [0.5, 0.6) is 11.5 Å². The summed E-state index contributed by atoms with van der Waals surface area (Å²) in [5.41, 5.74) is 0. The van der Waals surface area contributed by atoms with Crippen LogP contribution in [0.15, 0.2) is 12.1 Å². The quantitative estimate of drug-likeness (QED) is 0.780. The van der Waals surface area contributed by atoms with Crippen LogP contribution in [0.4, 0.5) is 0 Å². The molecular weight excluding hydrogens is 232 g/mol. The molecule has 87 valence electrons. The standard InChI is InChI=1S/C11H12ClO4/c1-15-8-4-2-5-9(11(8)12)16-7-3-6-10(13)14/h2,5H,3,6-7H2,1H3,(H,13,14). The normalized spacial score (nSPS) is 9.88. The number of carboxylic acids is 1. The second-order valence-corrected chi connectivity index (χ2v) is 3.41. The van der Waals surface area contributed by atoms with E-state index >= 15 is 0 Å². The highest BCUT2D eigenvalue weighted by Crippen LogP contribution is 2.33. The van der Waals surface area contributed by atoms with Gasteiger partial charge < -0.3 is 14.6 Å². The lowest BCUT2D eigenvalue weighted by atomic mass is 10.3. The monoisotopic (exact) mass is 243 g/mol. The second-order valence-electron chi connectivity index (χ2n) is 3.03. The summed E-state index contributed by atoms with van der Waals surface area (Å²) in [7, 11) is 1.49. The van der Waals surface area contributed by atoms with E-state index in [1.807, 2.05) is 0 Å². The zero-order chi connectivity index (χ0) is 12.0. The van der Waals surface area contributed by atoms with Gasteiger partial charge in [-0.15, -0.1) is 0 Å². The first-order valence-corrected chi connectivity index (χ1v) is 5.11. The highest BCUT2D eigenvalue weighted by molar-refractivity contribution is 6.33. The number of carboxylic acid groups (broad SMARTS) is 1. The van der Waals surface area contributed by atoms with Gasteiger partial charge >= 0.3 is 5.97 Å². The molecule has 1 aromatic carbocycles. The molecule has 0 saturated carbocycles. The minimum absolute atomic E-state index is 0.0771.